The fraction of sp³-hybridized carbons (Fsp3) is 0.500. The van der Waals surface area contributed by atoms with Gasteiger partial charge in [-0.15, -0.1) is 0 Å². The molecule has 7 nitrogen and oxygen atoms in total. The van der Waals surface area contributed by atoms with Crippen LogP contribution in [0.15, 0.2) is 23.1 Å². The number of amides is 2. The molecule has 1 aromatic carbocycles. The zero-order chi connectivity index (χ0) is 19.9. The highest BCUT2D eigenvalue weighted by Gasteiger charge is 2.25. The van der Waals surface area contributed by atoms with Crippen molar-refractivity contribution in [3.05, 3.63) is 38.8 Å². The standard InChI is InChI=1S/C20H24N2O5S/c23-19-18(28-20(24)21-19)13-15-9-10-17(16(12-15)22(25)26)27-11-5-4-8-14-6-2-1-3-7-14/h9-10,12-14H,1-8,11H2,(H,21,23,24)/b18-13-. The quantitative estimate of drug-likeness (QED) is 0.282. The van der Waals surface area contributed by atoms with Crippen molar-refractivity contribution in [2.75, 3.05) is 6.61 Å². The van der Waals surface area contributed by atoms with Crippen LogP contribution in [0.25, 0.3) is 6.08 Å². The van der Waals surface area contributed by atoms with E-state index in [1.165, 1.54) is 50.7 Å². The second-order valence-electron chi connectivity index (χ2n) is 7.18. The smallest absolute Gasteiger partial charge is 0.311 e. The van der Waals surface area contributed by atoms with Gasteiger partial charge in [-0.2, -0.15) is 0 Å². The van der Waals surface area contributed by atoms with Gasteiger partial charge in [0, 0.05) is 6.07 Å². The molecule has 0 atom stereocenters. The zero-order valence-electron chi connectivity index (χ0n) is 15.6. The number of carbonyl (C=O) groups is 2. The first kappa shape index (κ1) is 20.4. The fourth-order valence-electron chi connectivity index (χ4n) is 3.65. The number of hydrogen-bond donors (Lipinski definition) is 1. The largest absolute Gasteiger partial charge is 0.487 e. The molecule has 1 saturated carbocycles. The Morgan fingerprint density at radius 3 is 2.68 bits per heavy atom. The van der Waals surface area contributed by atoms with Crippen molar-refractivity contribution in [2.45, 2.75) is 51.4 Å². The molecule has 8 heteroatoms. The van der Waals surface area contributed by atoms with Crippen LogP contribution in [0.5, 0.6) is 5.75 Å². The zero-order valence-corrected chi connectivity index (χ0v) is 16.5. The Kier molecular flexibility index (Phi) is 7.08. The molecule has 0 aromatic heterocycles. The third-order valence-electron chi connectivity index (χ3n) is 5.11. The second kappa shape index (κ2) is 9.73. The lowest BCUT2D eigenvalue weighted by atomic mass is 9.86. The molecule has 2 fully saturated rings. The maximum Gasteiger partial charge on any atom is 0.311 e. The van der Waals surface area contributed by atoms with Crippen LogP contribution in [0.4, 0.5) is 10.5 Å². The summed E-state index contributed by atoms with van der Waals surface area (Å²) in [6.07, 6.45) is 11.3. The Morgan fingerprint density at radius 1 is 1.21 bits per heavy atom. The molecule has 3 rings (SSSR count). The minimum Gasteiger partial charge on any atom is -0.487 e. The first-order valence-electron chi connectivity index (χ1n) is 9.69. The van der Waals surface area contributed by atoms with Gasteiger partial charge in [-0.25, -0.2) is 0 Å². The lowest BCUT2D eigenvalue weighted by Gasteiger charge is -2.21. The summed E-state index contributed by atoms with van der Waals surface area (Å²) >= 11 is 0.778. The van der Waals surface area contributed by atoms with Gasteiger partial charge in [0.15, 0.2) is 5.75 Å². The van der Waals surface area contributed by atoms with E-state index in [4.69, 9.17) is 4.74 Å². The van der Waals surface area contributed by atoms with Crippen LogP contribution in [0.1, 0.15) is 56.9 Å². The first-order valence-corrected chi connectivity index (χ1v) is 10.5. The van der Waals surface area contributed by atoms with E-state index in [-0.39, 0.29) is 16.3 Å². The Balaban J connectivity index is 1.55. The van der Waals surface area contributed by atoms with Gasteiger partial charge in [0.2, 0.25) is 0 Å². The van der Waals surface area contributed by atoms with Crippen molar-refractivity contribution in [1.29, 1.82) is 0 Å². The number of hydrogen-bond acceptors (Lipinski definition) is 6. The molecule has 1 aliphatic carbocycles. The van der Waals surface area contributed by atoms with Crippen molar-refractivity contribution in [3.63, 3.8) is 0 Å². The molecule has 1 aliphatic heterocycles. The molecule has 150 valence electrons. The van der Waals surface area contributed by atoms with Crippen molar-refractivity contribution in [1.82, 2.24) is 5.32 Å². The van der Waals surface area contributed by atoms with E-state index in [2.05, 4.69) is 5.32 Å². The predicted molar refractivity (Wildman–Crippen MR) is 108 cm³/mol. The molecule has 0 unspecified atom stereocenters. The molecular weight excluding hydrogens is 380 g/mol. The van der Waals surface area contributed by atoms with E-state index in [1.54, 1.807) is 12.1 Å². The van der Waals surface area contributed by atoms with Crippen LogP contribution < -0.4 is 10.1 Å². The predicted octanol–water partition coefficient (Wildman–Crippen LogP) is 5.05. The third kappa shape index (κ3) is 5.58. The molecule has 28 heavy (non-hydrogen) atoms. The summed E-state index contributed by atoms with van der Waals surface area (Å²) in [6.45, 7) is 0.445. The average molecular weight is 404 g/mol. The summed E-state index contributed by atoms with van der Waals surface area (Å²) in [4.78, 5) is 33.9. The summed E-state index contributed by atoms with van der Waals surface area (Å²) in [5.74, 6) is 0.563. The lowest BCUT2D eigenvalue weighted by Crippen LogP contribution is -2.17. The van der Waals surface area contributed by atoms with Gasteiger partial charge >= 0.3 is 5.69 Å². The van der Waals surface area contributed by atoms with E-state index in [0.29, 0.717) is 12.2 Å². The number of thioether (sulfide) groups is 1. The van der Waals surface area contributed by atoms with Crippen LogP contribution in [-0.2, 0) is 4.79 Å². The van der Waals surface area contributed by atoms with Gasteiger partial charge in [0.05, 0.1) is 16.4 Å². The SMILES string of the molecule is O=C1NC(=O)/C(=C/c2ccc(OCCCCC3CCCCC3)c([N+](=O)[O-])c2)S1. The summed E-state index contributed by atoms with van der Waals surface area (Å²) in [5.41, 5.74) is 0.333. The Bertz CT molecular complexity index is 787. The number of ether oxygens (including phenoxy) is 1. The van der Waals surface area contributed by atoms with Gasteiger partial charge in [0.25, 0.3) is 11.1 Å². The molecule has 1 saturated heterocycles. The van der Waals surface area contributed by atoms with E-state index in [1.807, 2.05) is 0 Å². The van der Waals surface area contributed by atoms with Crippen molar-refractivity contribution >= 4 is 34.7 Å². The summed E-state index contributed by atoms with van der Waals surface area (Å²) in [6, 6.07) is 4.56. The van der Waals surface area contributed by atoms with E-state index in [0.717, 1.165) is 30.5 Å². The highest BCUT2D eigenvalue weighted by atomic mass is 32.2. The van der Waals surface area contributed by atoms with E-state index >= 15 is 0 Å². The molecule has 1 N–H and O–H groups in total. The van der Waals surface area contributed by atoms with Crippen LogP contribution >= 0.6 is 11.8 Å². The first-order chi connectivity index (χ1) is 13.5. The number of nitrogens with zero attached hydrogens (tertiary/aromatic N) is 1. The van der Waals surface area contributed by atoms with Gasteiger partial charge in [0.1, 0.15) is 0 Å². The van der Waals surface area contributed by atoms with Gasteiger partial charge in [-0.1, -0.05) is 44.6 Å². The topological polar surface area (TPSA) is 98.5 Å². The van der Waals surface area contributed by atoms with Crippen LogP contribution in [-0.4, -0.2) is 22.7 Å². The van der Waals surface area contributed by atoms with E-state index < -0.39 is 16.1 Å². The minimum absolute atomic E-state index is 0.142. The van der Waals surface area contributed by atoms with Crippen LogP contribution in [0.2, 0.25) is 0 Å². The summed E-state index contributed by atoms with van der Waals surface area (Å²) in [7, 11) is 0. The number of nitro groups is 1. The van der Waals surface area contributed by atoms with Gasteiger partial charge in [-0.3, -0.25) is 25.0 Å². The Labute approximate surface area is 168 Å². The van der Waals surface area contributed by atoms with Crippen molar-refractivity contribution < 1.29 is 19.2 Å². The van der Waals surface area contributed by atoms with Crippen molar-refractivity contribution in [3.8, 4) is 5.75 Å². The maximum atomic E-state index is 11.6. The number of imide groups is 1. The highest BCUT2D eigenvalue weighted by Crippen LogP contribution is 2.32. The number of nitro benzene ring substituents is 1. The van der Waals surface area contributed by atoms with Crippen LogP contribution in [0, 0.1) is 16.0 Å². The minimum atomic E-state index is -0.494. The lowest BCUT2D eigenvalue weighted by molar-refractivity contribution is -0.385. The number of carbonyl (C=O) groups excluding carboxylic acids is 2. The molecule has 0 radical (unpaired) electrons. The molecule has 0 spiro atoms. The number of benzene rings is 1. The van der Waals surface area contributed by atoms with Gasteiger partial charge < -0.3 is 4.74 Å². The second-order valence-corrected chi connectivity index (χ2v) is 8.20. The molecule has 0 bridgehead atoms. The summed E-state index contributed by atoms with van der Waals surface area (Å²) < 4.78 is 5.65. The monoisotopic (exact) mass is 404 g/mol. The molecule has 1 heterocycles. The molecule has 2 aliphatic rings. The number of unbranched alkanes of at least 4 members (excludes halogenated alkanes) is 1. The van der Waals surface area contributed by atoms with Gasteiger partial charge in [-0.05, 0) is 48.2 Å². The van der Waals surface area contributed by atoms with Crippen LogP contribution in [0.3, 0.4) is 0 Å². The highest BCUT2D eigenvalue weighted by molar-refractivity contribution is 8.18. The fourth-order valence-corrected chi connectivity index (χ4v) is 4.34. The van der Waals surface area contributed by atoms with E-state index in [9.17, 15) is 19.7 Å². The molecular formula is C20H24N2O5S. The van der Waals surface area contributed by atoms with Crippen molar-refractivity contribution in [2.24, 2.45) is 5.92 Å². The molecule has 2 amide bonds. The maximum absolute atomic E-state index is 11.6. The molecule has 1 aromatic rings. The number of rotatable bonds is 8. The Hall–Kier alpha value is -2.35. The third-order valence-corrected chi connectivity index (χ3v) is 5.92. The summed E-state index contributed by atoms with van der Waals surface area (Å²) in [5, 5.41) is 13.1. The average Bonchev–Trinajstić information content (AvgIpc) is 3.00. The Morgan fingerprint density at radius 2 is 2.00 bits per heavy atom. The normalized spacial score (nSPS) is 19.1. The number of nitrogens with one attached hydrogen (secondary N) is 1.